The van der Waals surface area contributed by atoms with Crippen LogP contribution >= 0.6 is 0 Å². The minimum Gasteiger partial charge on any atom is -0.441 e. The number of hydrogen-bond acceptors (Lipinski definition) is 11. The van der Waals surface area contributed by atoms with Crippen molar-refractivity contribution in [2.75, 3.05) is 13.1 Å². The zero-order valence-corrected chi connectivity index (χ0v) is 19.8. The lowest BCUT2D eigenvalue weighted by Gasteiger charge is -2.46. The number of aliphatic hydroxyl groups excluding tert-OH is 1. The van der Waals surface area contributed by atoms with E-state index in [0.29, 0.717) is 0 Å². The molecule has 3 amide bonds. The van der Waals surface area contributed by atoms with Crippen LogP contribution in [0.3, 0.4) is 0 Å². The average Bonchev–Trinajstić information content (AvgIpc) is 3.47. The number of alkyl halides is 3. The number of nitrogens with two attached hydrogens (primary N) is 2. The van der Waals surface area contributed by atoms with Crippen LogP contribution in [0.1, 0.15) is 24.0 Å². The van der Waals surface area contributed by atoms with E-state index >= 15 is 0 Å². The molecule has 204 valence electrons. The fourth-order valence-corrected chi connectivity index (χ4v) is 5.35. The van der Waals surface area contributed by atoms with Crippen LogP contribution in [0.4, 0.5) is 18.0 Å². The number of carbonyl (C=O) groups is 3. The molecular formula is C22H25F3N8O5. The van der Waals surface area contributed by atoms with Crippen molar-refractivity contribution in [2.24, 2.45) is 21.5 Å². The highest BCUT2D eigenvalue weighted by molar-refractivity contribution is 6.02. The van der Waals surface area contributed by atoms with Gasteiger partial charge in [-0.2, -0.15) is 13.2 Å². The van der Waals surface area contributed by atoms with E-state index in [2.05, 4.69) is 20.6 Å². The molecule has 1 spiro atoms. The molecule has 5 atom stereocenters. The first kappa shape index (κ1) is 25.6. The first-order valence-electron chi connectivity index (χ1n) is 11.7. The smallest absolute Gasteiger partial charge is 0.416 e. The number of nitrogens with one attached hydrogen (secondary N) is 2. The standard InChI is InChI=1S/C22H25F3N8O5/c23-22(24,25)11-3-1-2-10(6-11)7-28-20(37)38-13-9-33-19(27)29-12(8-32-14(34)4-5-15(32)35)16-21(33,17(13)36)31-18(26)30-16/h1-3,6,12-13,16-17,36H,4-5,7-9H2,(H2,27,29)(H,28,37)(H3,26,30,31)/t12?,13-,16?,17+,21?/m0/s1. The molecule has 16 heteroatoms. The Balaban J connectivity index is 1.29. The monoisotopic (exact) mass is 538 g/mol. The molecule has 0 aliphatic carbocycles. The van der Waals surface area contributed by atoms with Crippen molar-refractivity contribution in [1.82, 2.24) is 20.4 Å². The molecule has 7 N–H and O–H groups in total. The highest BCUT2D eigenvalue weighted by Crippen LogP contribution is 2.41. The van der Waals surface area contributed by atoms with Gasteiger partial charge in [0, 0.05) is 19.4 Å². The molecule has 4 aliphatic heterocycles. The van der Waals surface area contributed by atoms with E-state index in [4.69, 9.17) is 16.2 Å². The number of ether oxygens (including phenoxy) is 1. The molecule has 1 aromatic rings. The first-order valence-corrected chi connectivity index (χ1v) is 11.7. The minimum atomic E-state index is -4.53. The average molecular weight is 538 g/mol. The number of benzene rings is 1. The Morgan fingerprint density at radius 2 is 1.95 bits per heavy atom. The maximum absolute atomic E-state index is 12.9. The number of imide groups is 1. The van der Waals surface area contributed by atoms with Crippen molar-refractivity contribution in [3.8, 4) is 0 Å². The van der Waals surface area contributed by atoms with Gasteiger partial charge in [-0.15, -0.1) is 0 Å². The molecular weight excluding hydrogens is 513 g/mol. The van der Waals surface area contributed by atoms with Crippen LogP contribution in [0.15, 0.2) is 34.3 Å². The van der Waals surface area contributed by atoms with Gasteiger partial charge in [-0.1, -0.05) is 12.1 Å². The Hall–Kier alpha value is -4.08. The molecule has 13 nitrogen and oxygen atoms in total. The maximum atomic E-state index is 12.9. The highest BCUT2D eigenvalue weighted by atomic mass is 19.4. The van der Waals surface area contributed by atoms with E-state index in [-0.39, 0.29) is 61.8 Å². The number of carbonyl (C=O) groups excluding carboxylic acids is 3. The number of guanidine groups is 2. The second-order valence-electron chi connectivity index (χ2n) is 9.41. The zero-order valence-electron chi connectivity index (χ0n) is 19.8. The van der Waals surface area contributed by atoms with E-state index in [1.807, 2.05) is 0 Å². The van der Waals surface area contributed by atoms with Crippen molar-refractivity contribution in [3.63, 3.8) is 0 Å². The van der Waals surface area contributed by atoms with Gasteiger partial charge in [0.05, 0.1) is 24.7 Å². The molecule has 0 aromatic heterocycles. The Labute approximate surface area is 213 Å². The first-order chi connectivity index (χ1) is 17.9. The molecule has 0 radical (unpaired) electrons. The zero-order chi connectivity index (χ0) is 27.4. The van der Waals surface area contributed by atoms with Gasteiger partial charge < -0.3 is 36.8 Å². The molecule has 1 aromatic carbocycles. The van der Waals surface area contributed by atoms with E-state index in [1.165, 1.54) is 17.0 Å². The van der Waals surface area contributed by atoms with E-state index in [9.17, 15) is 32.7 Å². The molecule has 0 bridgehead atoms. The SMILES string of the molecule is NC1=NC2C(CN3C(=O)CCC3=O)N=C(N)N3C[C@H](OC(=O)NCc4cccc(C(F)(F)F)c4)[C@@H](O)C23N1. The summed E-state index contributed by atoms with van der Waals surface area (Å²) in [6.07, 6.45) is -7.92. The van der Waals surface area contributed by atoms with Crippen molar-refractivity contribution in [2.45, 2.75) is 55.5 Å². The van der Waals surface area contributed by atoms with Gasteiger partial charge in [0.15, 0.2) is 23.7 Å². The van der Waals surface area contributed by atoms with Gasteiger partial charge in [-0.05, 0) is 17.7 Å². The predicted octanol–water partition coefficient (Wildman–Crippen LogP) is -1.19. The fraction of sp³-hybridized carbons (Fsp3) is 0.500. The summed E-state index contributed by atoms with van der Waals surface area (Å²) in [6, 6.07) is 2.76. The Bertz CT molecular complexity index is 1220. The molecule has 38 heavy (non-hydrogen) atoms. The highest BCUT2D eigenvalue weighted by Gasteiger charge is 2.66. The van der Waals surface area contributed by atoms with E-state index in [0.717, 1.165) is 17.0 Å². The molecule has 3 unspecified atom stereocenters. The van der Waals surface area contributed by atoms with Crippen molar-refractivity contribution in [1.29, 1.82) is 0 Å². The summed E-state index contributed by atoms with van der Waals surface area (Å²) in [7, 11) is 0. The van der Waals surface area contributed by atoms with Crippen LogP contribution < -0.4 is 22.1 Å². The van der Waals surface area contributed by atoms with E-state index < -0.39 is 47.8 Å². The van der Waals surface area contributed by atoms with Gasteiger partial charge >= 0.3 is 12.3 Å². The molecule has 2 saturated heterocycles. The van der Waals surface area contributed by atoms with Gasteiger partial charge in [0.25, 0.3) is 0 Å². The van der Waals surface area contributed by atoms with Crippen LogP contribution in [0, 0.1) is 0 Å². The Morgan fingerprint density at radius 3 is 2.63 bits per heavy atom. The summed E-state index contributed by atoms with van der Waals surface area (Å²) >= 11 is 0. The predicted molar refractivity (Wildman–Crippen MR) is 124 cm³/mol. The maximum Gasteiger partial charge on any atom is 0.416 e. The van der Waals surface area contributed by atoms with Crippen LogP contribution in [0.5, 0.6) is 0 Å². The topological polar surface area (TPSA) is 188 Å². The van der Waals surface area contributed by atoms with Crippen molar-refractivity contribution >= 4 is 29.8 Å². The fourth-order valence-electron chi connectivity index (χ4n) is 5.35. The second kappa shape index (κ2) is 9.04. The molecule has 2 fully saturated rings. The normalized spacial score (nSPS) is 30.4. The lowest BCUT2D eigenvalue weighted by molar-refractivity contribution is -0.139. The van der Waals surface area contributed by atoms with Gasteiger partial charge in [0.1, 0.15) is 12.1 Å². The number of aliphatic imine (C=N–C) groups is 2. The van der Waals surface area contributed by atoms with Crippen LogP contribution in [-0.2, 0) is 27.0 Å². The number of hydrogen-bond donors (Lipinski definition) is 5. The number of halogens is 3. The third-order valence-electron chi connectivity index (χ3n) is 7.08. The van der Waals surface area contributed by atoms with E-state index in [1.54, 1.807) is 0 Å². The molecule has 5 rings (SSSR count). The van der Waals surface area contributed by atoms with Crippen molar-refractivity contribution in [3.05, 3.63) is 35.4 Å². The number of likely N-dealkylation sites (tertiary alicyclic amines) is 1. The summed E-state index contributed by atoms with van der Waals surface area (Å²) in [5.41, 5.74) is 10.0. The Kier molecular flexibility index (Phi) is 6.08. The summed E-state index contributed by atoms with van der Waals surface area (Å²) in [5, 5.41) is 16.6. The lowest BCUT2D eigenvalue weighted by atomic mass is 9.88. The largest absolute Gasteiger partial charge is 0.441 e. The van der Waals surface area contributed by atoms with Gasteiger partial charge in [-0.25, -0.2) is 14.8 Å². The Morgan fingerprint density at radius 1 is 1.24 bits per heavy atom. The number of aliphatic hydroxyl groups is 1. The quantitative estimate of drug-likeness (QED) is 0.287. The summed E-state index contributed by atoms with van der Waals surface area (Å²) in [6.45, 7) is -0.470. The van der Waals surface area contributed by atoms with Gasteiger partial charge in [0.2, 0.25) is 11.8 Å². The molecule has 4 heterocycles. The van der Waals surface area contributed by atoms with Crippen molar-refractivity contribution < 1.29 is 37.4 Å². The number of nitrogens with zero attached hydrogens (tertiary/aromatic N) is 4. The number of rotatable bonds is 5. The third kappa shape index (κ3) is 4.23. The molecule has 4 aliphatic rings. The minimum absolute atomic E-state index is 0.0392. The van der Waals surface area contributed by atoms with Gasteiger partial charge in [-0.3, -0.25) is 14.5 Å². The second-order valence-corrected chi connectivity index (χ2v) is 9.41. The van der Waals surface area contributed by atoms with Crippen LogP contribution in [0.25, 0.3) is 0 Å². The summed E-state index contributed by atoms with van der Waals surface area (Å²) in [5.74, 6) is -0.789. The third-order valence-corrected chi connectivity index (χ3v) is 7.08. The molecule has 0 saturated carbocycles. The lowest BCUT2D eigenvalue weighted by Crippen LogP contribution is -2.73. The van der Waals surface area contributed by atoms with Crippen LogP contribution in [-0.4, -0.2) is 87.8 Å². The summed E-state index contributed by atoms with van der Waals surface area (Å²) in [4.78, 5) is 48.1. The number of alkyl carbamates (subject to hydrolysis) is 1. The summed E-state index contributed by atoms with van der Waals surface area (Å²) < 4.78 is 44.2. The number of amides is 3. The van der Waals surface area contributed by atoms with Crippen LogP contribution in [0.2, 0.25) is 0 Å².